The molecule has 2 aromatic carbocycles. The number of nitrogens with two attached hydrogens (primary N) is 1. The highest BCUT2D eigenvalue weighted by Gasteiger charge is 2.29. The quantitative estimate of drug-likeness (QED) is 0.777. The Hall–Kier alpha value is -2.17. The molecule has 2 aromatic rings. The molecular weight excluding hydrogens is 310 g/mol. The molecule has 1 amide bonds. The zero-order valence-corrected chi connectivity index (χ0v) is 15.4. The summed E-state index contributed by atoms with van der Waals surface area (Å²) >= 11 is 0. The van der Waals surface area contributed by atoms with Crippen LogP contribution in [0.1, 0.15) is 31.4 Å². The monoisotopic (exact) mass is 339 g/mol. The molecule has 2 rings (SSSR count). The van der Waals surface area contributed by atoms with Gasteiger partial charge in [0.2, 0.25) is 5.91 Å². The van der Waals surface area contributed by atoms with E-state index < -0.39 is 5.54 Å². The molecule has 0 aliphatic carbocycles. The fourth-order valence-corrected chi connectivity index (χ4v) is 2.74. The SMILES string of the molecule is CC(CCNC(=O)C(C)(N)c1ccccc1)N(C)Cc1ccccc1. The van der Waals surface area contributed by atoms with Gasteiger partial charge in [0.25, 0.3) is 0 Å². The lowest BCUT2D eigenvalue weighted by Gasteiger charge is -2.27. The molecule has 134 valence electrons. The van der Waals surface area contributed by atoms with Gasteiger partial charge in [-0.15, -0.1) is 0 Å². The molecule has 0 spiro atoms. The summed E-state index contributed by atoms with van der Waals surface area (Å²) in [5.41, 5.74) is 7.34. The van der Waals surface area contributed by atoms with Crippen LogP contribution < -0.4 is 11.1 Å². The van der Waals surface area contributed by atoms with Gasteiger partial charge in [-0.25, -0.2) is 0 Å². The van der Waals surface area contributed by atoms with E-state index in [9.17, 15) is 4.79 Å². The van der Waals surface area contributed by atoms with E-state index >= 15 is 0 Å². The summed E-state index contributed by atoms with van der Waals surface area (Å²) in [7, 11) is 2.11. The second-order valence-electron chi connectivity index (χ2n) is 6.86. The van der Waals surface area contributed by atoms with Crippen molar-refractivity contribution in [1.82, 2.24) is 10.2 Å². The number of carbonyl (C=O) groups is 1. The minimum Gasteiger partial charge on any atom is -0.354 e. The zero-order chi connectivity index (χ0) is 18.3. The molecule has 0 heterocycles. The van der Waals surface area contributed by atoms with Gasteiger partial charge in [-0.05, 0) is 38.4 Å². The fraction of sp³-hybridized carbons (Fsp3) is 0.381. The van der Waals surface area contributed by atoms with Crippen LogP contribution >= 0.6 is 0 Å². The highest BCUT2D eigenvalue weighted by Crippen LogP contribution is 2.17. The molecule has 4 nitrogen and oxygen atoms in total. The van der Waals surface area contributed by atoms with Crippen LogP contribution in [0.3, 0.4) is 0 Å². The molecular formula is C21H29N3O. The predicted octanol–water partition coefficient (Wildman–Crippen LogP) is 2.89. The van der Waals surface area contributed by atoms with Crippen LogP contribution in [0.5, 0.6) is 0 Å². The number of rotatable bonds is 8. The number of carbonyl (C=O) groups excluding carboxylic acids is 1. The van der Waals surface area contributed by atoms with Crippen molar-refractivity contribution in [1.29, 1.82) is 0 Å². The highest BCUT2D eigenvalue weighted by atomic mass is 16.2. The van der Waals surface area contributed by atoms with Crippen molar-refractivity contribution in [3.63, 3.8) is 0 Å². The Balaban J connectivity index is 1.80. The Kier molecular flexibility index (Phi) is 6.73. The average Bonchev–Trinajstić information content (AvgIpc) is 2.63. The van der Waals surface area contributed by atoms with Crippen molar-refractivity contribution < 1.29 is 4.79 Å². The summed E-state index contributed by atoms with van der Waals surface area (Å²) in [6.07, 6.45) is 0.875. The molecule has 0 aliphatic rings. The molecule has 0 fully saturated rings. The van der Waals surface area contributed by atoms with Crippen LogP contribution in [0, 0.1) is 0 Å². The lowest BCUT2D eigenvalue weighted by atomic mass is 9.92. The third kappa shape index (κ3) is 5.41. The Bertz CT molecular complexity index is 655. The van der Waals surface area contributed by atoms with Crippen LogP contribution in [0.2, 0.25) is 0 Å². The number of nitrogens with one attached hydrogen (secondary N) is 1. The molecule has 0 bridgehead atoms. The van der Waals surface area contributed by atoms with Crippen LogP contribution in [-0.2, 0) is 16.9 Å². The van der Waals surface area contributed by atoms with Crippen molar-refractivity contribution in [2.45, 2.75) is 38.4 Å². The Morgan fingerprint density at radius 1 is 1.12 bits per heavy atom. The van der Waals surface area contributed by atoms with Gasteiger partial charge < -0.3 is 11.1 Å². The summed E-state index contributed by atoms with van der Waals surface area (Å²) in [6, 6.07) is 20.2. The zero-order valence-electron chi connectivity index (χ0n) is 15.4. The molecule has 2 unspecified atom stereocenters. The van der Waals surface area contributed by atoms with E-state index in [4.69, 9.17) is 5.73 Å². The van der Waals surface area contributed by atoms with Gasteiger partial charge in [-0.2, -0.15) is 0 Å². The first kappa shape index (κ1) is 19.2. The second kappa shape index (κ2) is 8.79. The predicted molar refractivity (Wildman–Crippen MR) is 103 cm³/mol. The van der Waals surface area contributed by atoms with Crippen molar-refractivity contribution >= 4 is 5.91 Å². The first-order valence-electron chi connectivity index (χ1n) is 8.78. The van der Waals surface area contributed by atoms with E-state index in [1.165, 1.54) is 5.56 Å². The summed E-state index contributed by atoms with van der Waals surface area (Å²) in [5, 5.41) is 2.98. The van der Waals surface area contributed by atoms with Gasteiger partial charge in [-0.3, -0.25) is 9.69 Å². The molecule has 3 N–H and O–H groups in total. The summed E-state index contributed by atoms with van der Waals surface area (Å²) in [6.45, 7) is 5.43. The van der Waals surface area contributed by atoms with Gasteiger partial charge in [-0.1, -0.05) is 60.7 Å². The normalized spacial score (nSPS) is 14.8. The third-order valence-corrected chi connectivity index (χ3v) is 4.72. The standard InChI is InChI=1S/C21H29N3O/c1-17(24(3)16-18-10-6-4-7-11-18)14-15-23-20(25)21(2,22)19-12-8-5-9-13-19/h4-13,17H,14-16,22H2,1-3H3,(H,23,25). The first-order valence-corrected chi connectivity index (χ1v) is 8.78. The maximum absolute atomic E-state index is 12.5. The van der Waals surface area contributed by atoms with Gasteiger partial charge in [0.1, 0.15) is 5.54 Å². The van der Waals surface area contributed by atoms with Crippen molar-refractivity contribution in [2.75, 3.05) is 13.6 Å². The highest BCUT2D eigenvalue weighted by molar-refractivity contribution is 5.86. The van der Waals surface area contributed by atoms with Crippen molar-refractivity contribution in [3.05, 3.63) is 71.8 Å². The van der Waals surface area contributed by atoms with E-state index in [-0.39, 0.29) is 5.91 Å². The summed E-state index contributed by atoms with van der Waals surface area (Å²) in [5.74, 6) is -0.142. The van der Waals surface area contributed by atoms with Gasteiger partial charge in [0, 0.05) is 19.1 Å². The van der Waals surface area contributed by atoms with E-state index in [0.29, 0.717) is 12.6 Å². The average molecular weight is 339 g/mol. The van der Waals surface area contributed by atoms with Crippen LogP contribution in [0.4, 0.5) is 0 Å². The minimum atomic E-state index is -1.01. The van der Waals surface area contributed by atoms with Crippen LogP contribution in [0.25, 0.3) is 0 Å². The molecule has 0 radical (unpaired) electrons. The van der Waals surface area contributed by atoms with Crippen LogP contribution in [-0.4, -0.2) is 30.4 Å². The second-order valence-corrected chi connectivity index (χ2v) is 6.86. The Morgan fingerprint density at radius 3 is 2.28 bits per heavy atom. The van der Waals surface area contributed by atoms with Crippen molar-refractivity contribution in [3.8, 4) is 0 Å². The van der Waals surface area contributed by atoms with Crippen LogP contribution in [0.15, 0.2) is 60.7 Å². The van der Waals surface area contributed by atoms with E-state index in [1.807, 2.05) is 36.4 Å². The Labute approximate surface area is 151 Å². The van der Waals surface area contributed by atoms with E-state index in [1.54, 1.807) is 6.92 Å². The lowest BCUT2D eigenvalue weighted by molar-refractivity contribution is -0.126. The minimum absolute atomic E-state index is 0.142. The number of hydrogen-bond acceptors (Lipinski definition) is 3. The Morgan fingerprint density at radius 2 is 1.68 bits per heavy atom. The molecule has 0 saturated heterocycles. The summed E-state index contributed by atoms with van der Waals surface area (Å²) < 4.78 is 0. The van der Waals surface area contributed by atoms with E-state index in [0.717, 1.165) is 18.5 Å². The lowest BCUT2D eigenvalue weighted by Crippen LogP contribution is -2.49. The maximum Gasteiger partial charge on any atom is 0.244 e. The maximum atomic E-state index is 12.5. The third-order valence-electron chi connectivity index (χ3n) is 4.72. The number of benzene rings is 2. The largest absolute Gasteiger partial charge is 0.354 e. The molecule has 2 atom stereocenters. The molecule has 4 heteroatoms. The first-order chi connectivity index (χ1) is 11.9. The summed E-state index contributed by atoms with van der Waals surface area (Å²) in [4.78, 5) is 14.7. The number of amides is 1. The van der Waals surface area contributed by atoms with Crippen molar-refractivity contribution in [2.24, 2.45) is 5.73 Å². The molecule has 0 aliphatic heterocycles. The van der Waals surface area contributed by atoms with E-state index in [2.05, 4.69) is 48.5 Å². The van der Waals surface area contributed by atoms with Gasteiger partial charge in [0.05, 0.1) is 0 Å². The van der Waals surface area contributed by atoms with Gasteiger partial charge in [0.15, 0.2) is 0 Å². The fourth-order valence-electron chi connectivity index (χ4n) is 2.74. The number of nitrogens with zero attached hydrogens (tertiary/aromatic N) is 1. The smallest absolute Gasteiger partial charge is 0.244 e. The molecule has 0 aromatic heterocycles. The number of hydrogen-bond donors (Lipinski definition) is 2. The topological polar surface area (TPSA) is 58.4 Å². The molecule has 0 saturated carbocycles. The van der Waals surface area contributed by atoms with Gasteiger partial charge >= 0.3 is 0 Å². The molecule has 25 heavy (non-hydrogen) atoms.